The highest BCUT2D eigenvalue weighted by Crippen LogP contribution is 2.29. The molecule has 0 atom stereocenters. The molecule has 0 bridgehead atoms. The third-order valence-electron chi connectivity index (χ3n) is 4.89. The lowest BCUT2D eigenvalue weighted by atomic mass is 10.1. The number of amides is 1. The summed E-state index contributed by atoms with van der Waals surface area (Å²) in [4.78, 5) is 19.3. The summed E-state index contributed by atoms with van der Waals surface area (Å²) in [5, 5.41) is 2.99. The van der Waals surface area contributed by atoms with Gasteiger partial charge in [-0.05, 0) is 24.6 Å². The molecule has 0 aliphatic rings. The molecular weight excluding hydrogens is 378 g/mol. The van der Waals surface area contributed by atoms with Gasteiger partial charge in [0.2, 0.25) is 5.91 Å². The van der Waals surface area contributed by atoms with Crippen LogP contribution in [-0.4, -0.2) is 27.4 Å². The average molecular weight is 402 g/mol. The van der Waals surface area contributed by atoms with Gasteiger partial charge in [-0.1, -0.05) is 60.2 Å². The van der Waals surface area contributed by atoms with Gasteiger partial charge in [0.15, 0.2) is 0 Å². The van der Waals surface area contributed by atoms with E-state index >= 15 is 0 Å². The summed E-state index contributed by atoms with van der Waals surface area (Å²) in [5.41, 5.74) is 5.39. The summed E-state index contributed by atoms with van der Waals surface area (Å²) in [5.74, 6) is 0.0709. The van der Waals surface area contributed by atoms with E-state index < -0.39 is 0 Å². The molecule has 2 heterocycles. The first-order valence-corrected chi connectivity index (χ1v) is 10.4. The van der Waals surface area contributed by atoms with Crippen LogP contribution in [0.5, 0.6) is 0 Å². The van der Waals surface area contributed by atoms with Crippen LogP contribution in [-0.2, 0) is 17.9 Å². The molecule has 0 N–H and O–H groups in total. The predicted molar refractivity (Wildman–Crippen MR) is 119 cm³/mol. The van der Waals surface area contributed by atoms with E-state index in [4.69, 9.17) is 4.98 Å². The molecule has 0 unspecified atom stereocenters. The Labute approximate surface area is 175 Å². The highest BCUT2D eigenvalue weighted by Gasteiger charge is 2.15. The van der Waals surface area contributed by atoms with E-state index in [-0.39, 0.29) is 5.91 Å². The van der Waals surface area contributed by atoms with Crippen molar-refractivity contribution >= 4 is 17.2 Å². The zero-order valence-corrected chi connectivity index (χ0v) is 17.4. The van der Waals surface area contributed by atoms with E-state index in [1.165, 1.54) is 5.56 Å². The Bertz CT molecular complexity index is 1100. The minimum Gasteiger partial charge on any atom is -0.340 e. The molecule has 146 valence electrons. The highest BCUT2D eigenvalue weighted by atomic mass is 32.1. The Morgan fingerprint density at radius 2 is 1.79 bits per heavy atom. The fourth-order valence-electron chi connectivity index (χ4n) is 3.21. The van der Waals surface area contributed by atoms with Gasteiger partial charge in [-0.25, -0.2) is 4.98 Å². The Morgan fingerprint density at radius 1 is 1.03 bits per heavy atom. The minimum absolute atomic E-state index is 0.0709. The second-order valence-corrected chi connectivity index (χ2v) is 8.02. The van der Waals surface area contributed by atoms with Gasteiger partial charge in [0.05, 0.1) is 11.4 Å². The lowest BCUT2D eigenvalue weighted by Gasteiger charge is -2.18. The predicted octanol–water partition coefficient (Wildman–Crippen LogP) is 5.25. The van der Waals surface area contributed by atoms with Gasteiger partial charge >= 0.3 is 0 Å². The van der Waals surface area contributed by atoms with E-state index in [1.54, 1.807) is 16.2 Å². The van der Waals surface area contributed by atoms with Gasteiger partial charge in [0, 0.05) is 30.7 Å². The summed E-state index contributed by atoms with van der Waals surface area (Å²) in [6.45, 7) is 2.98. The Hall–Kier alpha value is -3.18. The summed E-state index contributed by atoms with van der Waals surface area (Å²) in [6.07, 6.45) is 1.94. The van der Waals surface area contributed by atoms with E-state index in [0.29, 0.717) is 13.1 Å². The van der Waals surface area contributed by atoms with Crippen molar-refractivity contribution in [1.29, 1.82) is 0 Å². The molecule has 0 saturated carbocycles. The van der Waals surface area contributed by atoms with Crippen LogP contribution in [0, 0.1) is 6.92 Å². The van der Waals surface area contributed by atoms with Crippen molar-refractivity contribution in [3.8, 4) is 22.0 Å². The van der Waals surface area contributed by atoms with Gasteiger partial charge in [0.1, 0.15) is 11.6 Å². The van der Waals surface area contributed by atoms with Crippen molar-refractivity contribution in [3.63, 3.8) is 0 Å². The van der Waals surface area contributed by atoms with Crippen molar-refractivity contribution in [1.82, 2.24) is 14.5 Å². The van der Waals surface area contributed by atoms with Gasteiger partial charge < -0.3 is 9.47 Å². The fourth-order valence-corrected chi connectivity index (χ4v) is 4.08. The van der Waals surface area contributed by atoms with Crippen LogP contribution in [0.2, 0.25) is 0 Å². The number of carbonyl (C=O) groups excluding carboxylic acids is 1. The molecule has 0 fully saturated rings. The van der Waals surface area contributed by atoms with Gasteiger partial charge in [-0.3, -0.25) is 4.79 Å². The summed E-state index contributed by atoms with van der Waals surface area (Å²) in [6, 6.07) is 22.4. The zero-order chi connectivity index (χ0) is 20.2. The van der Waals surface area contributed by atoms with Gasteiger partial charge in [0.25, 0.3) is 0 Å². The number of benzene rings is 2. The first kappa shape index (κ1) is 19.2. The average Bonchev–Trinajstić information content (AvgIpc) is 3.38. The van der Waals surface area contributed by atoms with Crippen LogP contribution < -0.4 is 0 Å². The molecule has 2 aromatic heterocycles. The molecule has 2 aromatic carbocycles. The number of likely N-dealkylation sites (N-methyl/N-ethyl adjacent to an activating group) is 1. The number of aromatic nitrogens is 2. The fraction of sp³-hybridized carbons (Fsp3) is 0.167. The lowest BCUT2D eigenvalue weighted by Crippen LogP contribution is -2.29. The third-order valence-corrected chi connectivity index (χ3v) is 5.76. The third kappa shape index (κ3) is 4.46. The molecule has 4 aromatic rings. The van der Waals surface area contributed by atoms with Crippen LogP contribution in [0.3, 0.4) is 0 Å². The number of rotatable bonds is 6. The molecule has 1 amide bonds. The van der Waals surface area contributed by atoms with Crippen molar-refractivity contribution < 1.29 is 4.79 Å². The van der Waals surface area contributed by atoms with Gasteiger partial charge in [-0.15, -0.1) is 11.3 Å². The topological polar surface area (TPSA) is 38.1 Å². The van der Waals surface area contributed by atoms with Crippen LogP contribution in [0.15, 0.2) is 78.3 Å². The zero-order valence-electron chi connectivity index (χ0n) is 16.6. The maximum atomic E-state index is 12.7. The highest BCUT2D eigenvalue weighted by molar-refractivity contribution is 7.13. The van der Waals surface area contributed by atoms with E-state index in [1.807, 2.05) is 60.3 Å². The SMILES string of the molecule is Cc1ccc(-c2csc(-c3cccn3CC(=O)N(C)Cc3ccccc3)n2)cc1. The number of carbonyl (C=O) groups is 1. The first-order valence-electron chi connectivity index (χ1n) is 9.56. The Morgan fingerprint density at radius 3 is 2.55 bits per heavy atom. The van der Waals surface area contributed by atoms with Crippen molar-refractivity contribution in [2.45, 2.75) is 20.0 Å². The smallest absolute Gasteiger partial charge is 0.242 e. The standard InChI is InChI=1S/C24H23N3OS/c1-18-10-12-20(13-11-18)21-17-29-24(25-21)22-9-6-14-27(22)16-23(28)26(2)15-19-7-4-3-5-8-19/h3-14,17H,15-16H2,1-2H3. The first-order chi connectivity index (χ1) is 14.1. The van der Waals surface area contributed by atoms with E-state index in [0.717, 1.165) is 27.5 Å². The number of nitrogens with zero attached hydrogens (tertiary/aromatic N) is 3. The lowest BCUT2D eigenvalue weighted by molar-refractivity contribution is -0.131. The van der Waals surface area contributed by atoms with Crippen LogP contribution in [0.1, 0.15) is 11.1 Å². The Balaban J connectivity index is 1.49. The molecule has 29 heavy (non-hydrogen) atoms. The summed E-state index contributed by atoms with van der Waals surface area (Å²) >= 11 is 1.60. The van der Waals surface area contributed by atoms with E-state index in [2.05, 4.69) is 36.6 Å². The molecule has 0 aliphatic carbocycles. The molecule has 5 heteroatoms. The molecule has 4 nitrogen and oxygen atoms in total. The van der Waals surface area contributed by atoms with Crippen LogP contribution in [0.4, 0.5) is 0 Å². The summed E-state index contributed by atoms with van der Waals surface area (Å²) in [7, 11) is 1.84. The second kappa shape index (κ2) is 8.45. The molecule has 0 radical (unpaired) electrons. The number of hydrogen-bond acceptors (Lipinski definition) is 3. The molecule has 0 saturated heterocycles. The van der Waals surface area contributed by atoms with Crippen molar-refractivity contribution in [3.05, 3.63) is 89.4 Å². The monoisotopic (exact) mass is 401 g/mol. The van der Waals surface area contributed by atoms with E-state index in [9.17, 15) is 4.79 Å². The molecule has 4 rings (SSSR count). The van der Waals surface area contributed by atoms with Gasteiger partial charge in [-0.2, -0.15) is 0 Å². The quantitative estimate of drug-likeness (QED) is 0.443. The number of aryl methyl sites for hydroxylation is 1. The Kier molecular flexibility index (Phi) is 5.58. The van der Waals surface area contributed by atoms with Crippen LogP contribution >= 0.6 is 11.3 Å². The molecular formula is C24H23N3OS. The van der Waals surface area contributed by atoms with Crippen molar-refractivity contribution in [2.24, 2.45) is 0 Å². The number of thiazole rings is 1. The largest absolute Gasteiger partial charge is 0.340 e. The molecule has 0 aliphatic heterocycles. The maximum Gasteiger partial charge on any atom is 0.242 e. The van der Waals surface area contributed by atoms with Crippen molar-refractivity contribution in [2.75, 3.05) is 7.05 Å². The minimum atomic E-state index is 0.0709. The van der Waals surface area contributed by atoms with Crippen LogP contribution in [0.25, 0.3) is 22.0 Å². The maximum absolute atomic E-state index is 12.7. The normalized spacial score (nSPS) is 10.8. The summed E-state index contributed by atoms with van der Waals surface area (Å²) < 4.78 is 1.97. The second-order valence-electron chi connectivity index (χ2n) is 7.16. The molecule has 0 spiro atoms. The number of hydrogen-bond donors (Lipinski definition) is 0.